The first-order chi connectivity index (χ1) is 24.3. The molecule has 0 aliphatic heterocycles. The van der Waals surface area contributed by atoms with Gasteiger partial charge in [0.15, 0.2) is 0 Å². The van der Waals surface area contributed by atoms with Crippen LogP contribution in [0.2, 0.25) is 0 Å². The molecule has 0 radical (unpaired) electrons. The summed E-state index contributed by atoms with van der Waals surface area (Å²) in [6.07, 6.45) is -2.84. The molecule has 14 nitrogen and oxygen atoms in total. The molecule has 14 heteroatoms. The first-order valence-corrected chi connectivity index (χ1v) is 16.4. The fraction of sp³-hybridized carbons (Fsp3) is 0.351. The lowest BCUT2D eigenvalue weighted by Crippen LogP contribution is -2.52. The number of amides is 4. The van der Waals surface area contributed by atoms with Gasteiger partial charge in [-0.3, -0.25) is 15.5 Å². The van der Waals surface area contributed by atoms with Gasteiger partial charge >= 0.3 is 24.2 Å². The third-order valence-electron chi connectivity index (χ3n) is 6.94. The van der Waals surface area contributed by atoms with Crippen molar-refractivity contribution in [3.8, 4) is 0 Å². The lowest BCUT2D eigenvalue weighted by atomic mass is 10.1. The van der Waals surface area contributed by atoms with Gasteiger partial charge in [-0.05, 0) is 57.2 Å². The van der Waals surface area contributed by atoms with Crippen molar-refractivity contribution >= 4 is 36.1 Å². The quantitative estimate of drug-likeness (QED) is 0.0738. The van der Waals surface area contributed by atoms with E-state index >= 15 is 0 Å². The number of carbonyl (C=O) groups is 5. The van der Waals surface area contributed by atoms with Crippen molar-refractivity contribution in [2.75, 3.05) is 6.54 Å². The number of hydrogen-bond acceptors (Lipinski definition) is 10. The van der Waals surface area contributed by atoms with Crippen LogP contribution < -0.4 is 16.0 Å². The molecule has 51 heavy (non-hydrogen) atoms. The first-order valence-electron chi connectivity index (χ1n) is 16.4. The van der Waals surface area contributed by atoms with E-state index in [1.54, 1.807) is 93.6 Å². The van der Waals surface area contributed by atoms with Gasteiger partial charge < -0.3 is 29.6 Å². The van der Waals surface area contributed by atoms with E-state index in [1.165, 1.54) is 6.92 Å². The van der Waals surface area contributed by atoms with E-state index in [4.69, 9.17) is 24.4 Å². The third-order valence-corrected chi connectivity index (χ3v) is 6.94. The van der Waals surface area contributed by atoms with Crippen LogP contribution in [0.25, 0.3) is 0 Å². The average molecular weight is 704 g/mol. The van der Waals surface area contributed by atoms with E-state index in [9.17, 15) is 24.0 Å². The van der Waals surface area contributed by atoms with Crippen LogP contribution in [-0.2, 0) is 48.4 Å². The Balaban J connectivity index is 1.69. The number of nitrogens with zero attached hydrogens (tertiary/aromatic N) is 1. The van der Waals surface area contributed by atoms with Crippen molar-refractivity contribution in [1.82, 2.24) is 20.9 Å². The molecule has 0 bridgehead atoms. The summed E-state index contributed by atoms with van der Waals surface area (Å²) in [7, 11) is 0. The Morgan fingerprint density at radius 1 is 0.706 bits per heavy atom. The zero-order valence-electron chi connectivity index (χ0n) is 29.2. The maximum Gasteiger partial charge on any atom is 0.416 e. The third kappa shape index (κ3) is 15.0. The molecule has 0 aromatic heterocycles. The molecule has 0 saturated carbocycles. The van der Waals surface area contributed by atoms with Crippen LogP contribution in [0.15, 0.2) is 91.0 Å². The second-order valence-electron chi connectivity index (χ2n) is 12.4. The molecule has 2 atom stereocenters. The normalized spacial score (nSPS) is 11.9. The van der Waals surface area contributed by atoms with Crippen LogP contribution in [0.1, 0.15) is 57.2 Å². The summed E-state index contributed by atoms with van der Waals surface area (Å²) in [5.74, 6) is -2.01. The number of rotatable bonds is 14. The molecule has 0 heterocycles. The predicted octanol–water partition coefficient (Wildman–Crippen LogP) is 5.41. The molecule has 0 aliphatic rings. The number of hydrogen-bond donors (Lipinski definition) is 4. The molecule has 3 rings (SSSR count). The summed E-state index contributed by atoms with van der Waals surface area (Å²) in [6.45, 7) is 6.09. The summed E-state index contributed by atoms with van der Waals surface area (Å²) >= 11 is 0. The number of alkyl carbamates (subject to hydrolysis) is 2. The van der Waals surface area contributed by atoms with E-state index in [2.05, 4.69) is 16.0 Å². The number of carbonyl (C=O) groups excluding carboxylic acids is 5. The molecule has 3 aromatic rings. The Morgan fingerprint density at radius 2 is 1.18 bits per heavy atom. The van der Waals surface area contributed by atoms with Gasteiger partial charge in [0.25, 0.3) is 0 Å². The summed E-state index contributed by atoms with van der Waals surface area (Å²) in [5, 5.41) is 15.8. The van der Waals surface area contributed by atoms with Crippen LogP contribution in [0, 0.1) is 5.41 Å². The standard InChI is InChI=1S/C37H45N5O9/c1-26(32(44)51-37(2,3)4)39-31(43)30(40-34(45)48-23-27-15-8-5-9-16-27)21-14-22-42(36(47)50-25-29-19-12-7-13-20-29)33(38)41-35(46)49-24-28-17-10-6-11-18-28/h5-13,15-20,26,30H,14,21-25H2,1-4H3,(H,39,43)(H,40,45)(H2,38,41,46)/t26-,30-/m0/s1. The van der Waals surface area contributed by atoms with Gasteiger partial charge in [0.2, 0.25) is 11.9 Å². The second-order valence-corrected chi connectivity index (χ2v) is 12.4. The number of guanidine groups is 1. The largest absolute Gasteiger partial charge is 0.458 e. The van der Waals surface area contributed by atoms with Crippen LogP contribution in [0.5, 0.6) is 0 Å². The summed E-state index contributed by atoms with van der Waals surface area (Å²) in [4.78, 5) is 65.3. The van der Waals surface area contributed by atoms with Crippen molar-refractivity contribution in [3.63, 3.8) is 0 Å². The van der Waals surface area contributed by atoms with E-state index in [1.807, 2.05) is 18.2 Å². The van der Waals surface area contributed by atoms with Crippen LogP contribution in [-0.4, -0.2) is 65.2 Å². The smallest absolute Gasteiger partial charge is 0.416 e. The number of esters is 1. The number of benzene rings is 3. The number of ether oxygens (including phenoxy) is 4. The van der Waals surface area contributed by atoms with Gasteiger partial charge in [0.1, 0.15) is 37.5 Å². The second kappa shape index (κ2) is 19.9. The Labute approximate surface area is 297 Å². The van der Waals surface area contributed by atoms with Crippen molar-refractivity contribution in [3.05, 3.63) is 108 Å². The van der Waals surface area contributed by atoms with Crippen LogP contribution in [0.3, 0.4) is 0 Å². The van der Waals surface area contributed by atoms with Gasteiger partial charge in [-0.2, -0.15) is 0 Å². The number of nitrogens with one attached hydrogen (secondary N) is 4. The van der Waals surface area contributed by atoms with E-state index in [0.29, 0.717) is 5.56 Å². The first kappa shape index (κ1) is 39.5. The molecule has 3 aromatic carbocycles. The Morgan fingerprint density at radius 3 is 1.67 bits per heavy atom. The maximum absolute atomic E-state index is 13.4. The average Bonchev–Trinajstić information content (AvgIpc) is 3.10. The molecule has 0 saturated heterocycles. The lowest BCUT2D eigenvalue weighted by Gasteiger charge is -2.25. The fourth-order valence-corrected chi connectivity index (χ4v) is 4.41. The molecular formula is C37H45N5O9. The zero-order valence-corrected chi connectivity index (χ0v) is 29.2. The summed E-state index contributed by atoms with van der Waals surface area (Å²) in [6, 6.07) is 24.4. The van der Waals surface area contributed by atoms with Crippen molar-refractivity contribution < 1.29 is 42.9 Å². The molecular weight excluding hydrogens is 658 g/mol. The molecule has 4 N–H and O–H groups in total. The molecule has 4 amide bonds. The minimum atomic E-state index is -1.22. The Hall–Kier alpha value is -5.92. The maximum atomic E-state index is 13.4. The van der Waals surface area contributed by atoms with E-state index < -0.39 is 53.8 Å². The van der Waals surface area contributed by atoms with Crippen molar-refractivity contribution in [1.29, 1.82) is 5.41 Å². The molecule has 0 aliphatic carbocycles. The summed E-state index contributed by atoms with van der Waals surface area (Å²) < 4.78 is 21.3. The highest BCUT2D eigenvalue weighted by molar-refractivity contribution is 5.99. The molecule has 0 spiro atoms. The lowest BCUT2D eigenvalue weighted by molar-refractivity contribution is -0.158. The van der Waals surface area contributed by atoms with Crippen molar-refractivity contribution in [2.45, 2.75) is 78.0 Å². The van der Waals surface area contributed by atoms with Gasteiger partial charge in [0, 0.05) is 6.54 Å². The summed E-state index contributed by atoms with van der Waals surface area (Å²) in [5.41, 5.74) is 1.35. The van der Waals surface area contributed by atoms with Gasteiger partial charge in [0.05, 0.1) is 0 Å². The predicted molar refractivity (Wildman–Crippen MR) is 187 cm³/mol. The molecule has 0 unspecified atom stereocenters. The van der Waals surface area contributed by atoms with Gasteiger partial charge in [-0.25, -0.2) is 24.1 Å². The Kier molecular flexibility index (Phi) is 15.4. The highest BCUT2D eigenvalue weighted by Gasteiger charge is 2.29. The zero-order chi connectivity index (χ0) is 37.2. The topological polar surface area (TPSA) is 185 Å². The minimum absolute atomic E-state index is 0.0292. The molecule has 0 fully saturated rings. The van der Waals surface area contributed by atoms with Gasteiger partial charge in [-0.1, -0.05) is 91.0 Å². The van der Waals surface area contributed by atoms with E-state index in [0.717, 1.165) is 16.0 Å². The highest BCUT2D eigenvalue weighted by atomic mass is 16.6. The monoisotopic (exact) mass is 703 g/mol. The van der Waals surface area contributed by atoms with E-state index in [-0.39, 0.29) is 39.2 Å². The van der Waals surface area contributed by atoms with Crippen molar-refractivity contribution in [2.24, 2.45) is 0 Å². The van der Waals surface area contributed by atoms with Crippen LogP contribution >= 0.6 is 0 Å². The SMILES string of the molecule is C[C@H](NC(=O)[C@H](CCCN(C(=N)NC(=O)OCc1ccccc1)C(=O)OCc1ccccc1)NC(=O)OCc1ccccc1)C(=O)OC(C)(C)C. The highest BCUT2D eigenvalue weighted by Crippen LogP contribution is 2.11. The van der Waals surface area contributed by atoms with Gasteiger partial charge in [-0.15, -0.1) is 0 Å². The Bertz CT molecular complexity index is 1600. The minimum Gasteiger partial charge on any atom is -0.458 e. The van der Waals surface area contributed by atoms with Crippen LogP contribution in [0.4, 0.5) is 14.4 Å². The fourth-order valence-electron chi connectivity index (χ4n) is 4.41. The molecule has 272 valence electrons.